The second kappa shape index (κ2) is 10.7. The number of hydrogen-bond acceptors (Lipinski definition) is 6. The van der Waals surface area contributed by atoms with Crippen molar-refractivity contribution in [3.63, 3.8) is 0 Å². The summed E-state index contributed by atoms with van der Waals surface area (Å²) in [6, 6.07) is 3.99. The highest BCUT2D eigenvalue weighted by Gasteiger charge is 2.31. The van der Waals surface area contributed by atoms with E-state index in [1.165, 1.54) is 12.1 Å². The number of alkyl halides is 3. The second-order valence-corrected chi connectivity index (χ2v) is 8.82. The molecule has 0 unspecified atom stereocenters. The first-order valence-electron chi connectivity index (χ1n) is 11.1. The molecule has 1 aromatic carbocycles. The number of aliphatic hydroxyl groups excluding tert-OH is 2. The third-order valence-electron chi connectivity index (χ3n) is 6.00. The standard InChI is InChI=1S/C23H30F3N3O4/c1-13(2)19(12-30)27-11-18-20(22(32)28-16-4-3-5-17(31)10-16)29-33-21(18)14-6-8-15(9-7-14)23(24,25)26/h6-9,13,16-17,19,27,30-31H,3-5,10-12H2,1-2H3,(H,28,32)/t16-,17+,19+/m1/s1. The Morgan fingerprint density at radius 1 is 1.24 bits per heavy atom. The first-order chi connectivity index (χ1) is 15.6. The molecule has 10 heteroatoms. The molecule has 3 atom stereocenters. The van der Waals surface area contributed by atoms with Crippen LogP contribution in [-0.2, 0) is 12.7 Å². The van der Waals surface area contributed by atoms with Crippen molar-refractivity contribution in [1.29, 1.82) is 0 Å². The number of carbonyl (C=O) groups excluding carboxylic acids is 1. The maximum atomic E-state index is 13.0. The van der Waals surface area contributed by atoms with Crippen LogP contribution in [-0.4, -0.2) is 46.1 Å². The van der Waals surface area contributed by atoms with Crippen molar-refractivity contribution in [2.24, 2.45) is 5.92 Å². The third kappa shape index (κ3) is 6.33. The number of amides is 1. The van der Waals surface area contributed by atoms with E-state index >= 15 is 0 Å². The summed E-state index contributed by atoms with van der Waals surface area (Å²) in [7, 11) is 0. The lowest BCUT2D eigenvalue weighted by atomic mass is 9.93. The van der Waals surface area contributed by atoms with E-state index in [-0.39, 0.29) is 42.6 Å². The molecule has 182 valence electrons. The van der Waals surface area contributed by atoms with Crippen LogP contribution >= 0.6 is 0 Å². The molecule has 0 bridgehead atoms. The minimum atomic E-state index is -4.47. The molecular weight excluding hydrogens is 439 g/mol. The number of rotatable bonds is 8. The van der Waals surface area contributed by atoms with E-state index in [4.69, 9.17) is 4.52 Å². The predicted octanol–water partition coefficient (Wildman–Crippen LogP) is 3.50. The van der Waals surface area contributed by atoms with Gasteiger partial charge in [-0.2, -0.15) is 13.2 Å². The van der Waals surface area contributed by atoms with Crippen LogP contribution in [0.2, 0.25) is 0 Å². The summed E-state index contributed by atoms with van der Waals surface area (Å²) in [6.45, 7) is 3.86. The number of hydrogen-bond donors (Lipinski definition) is 4. The van der Waals surface area contributed by atoms with Crippen molar-refractivity contribution in [1.82, 2.24) is 15.8 Å². The molecule has 1 fully saturated rings. The van der Waals surface area contributed by atoms with Crippen LogP contribution < -0.4 is 10.6 Å². The second-order valence-electron chi connectivity index (χ2n) is 8.82. The molecule has 1 saturated carbocycles. The molecule has 3 rings (SSSR count). The fourth-order valence-corrected chi connectivity index (χ4v) is 3.98. The Balaban J connectivity index is 1.89. The number of benzene rings is 1. The van der Waals surface area contributed by atoms with Gasteiger partial charge in [0.2, 0.25) is 0 Å². The van der Waals surface area contributed by atoms with Crippen LogP contribution in [0.25, 0.3) is 11.3 Å². The Morgan fingerprint density at radius 3 is 2.52 bits per heavy atom. The van der Waals surface area contributed by atoms with Crippen LogP contribution in [0.15, 0.2) is 28.8 Å². The Hall–Kier alpha value is -2.43. The number of carbonyl (C=O) groups is 1. The van der Waals surface area contributed by atoms with Crippen LogP contribution in [0, 0.1) is 5.92 Å². The molecule has 1 amide bonds. The molecular formula is C23H30F3N3O4. The van der Waals surface area contributed by atoms with E-state index in [0.29, 0.717) is 24.0 Å². The Labute approximate surface area is 190 Å². The van der Waals surface area contributed by atoms with Gasteiger partial charge in [-0.1, -0.05) is 31.1 Å². The van der Waals surface area contributed by atoms with Crippen LogP contribution in [0.1, 0.15) is 61.1 Å². The molecule has 7 nitrogen and oxygen atoms in total. The van der Waals surface area contributed by atoms with E-state index in [9.17, 15) is 28.2 Å². The minimum Gasteiger partial charge on any atom is -0.395 e. The molecule has 4 N–H and O–H groups in total. The van der Waals surface area contributed by atoms with Gasteiger partial charge < -0.3 is 25.4 Å². The van der Waals surface area contributed by atoms with Crippen molar-refractivity contribution in [2.45, 2.75) is 70.4 Å². The summed E-state index contributed by atoms with van der Waals surface area (Å²) in [6.07, 6.45) is -2.26. The predicted molar refractivity (Wildman–Crippen MR) is 115 cm³/mol. The zero-order chi connectivity index (χ0) is 24.2. The SMILES string of the molecule is CC(C)[C@H](CO)NCc1c(C(=O)N[C@@H]2CCC[C@H](O)C2)noc1-c1ccc(C(F)(F)F)cc1. The molecule has 0 aliphatic heterocycles. The number of aromatic nitrogens is 1. The quantitative estimate of drug-likeness (QED) is 0.472. The van der Waals surface area contributed by atoms with Gasteiger partial charge in [0.25, 0.3) is 5.91 Å². The van der Waals surface area contributed by atoms with Gasteiger partial charge in [-0.25, -0.2) is 0 Å². The van der Waals surface area contributed by atoms with E-state index in [2.05, 4.69) is 15.8 Å². The summed E-state index contributed by atoms with van der Waals surface area (Å²) in [5.41, 5.74) is -0.0235. The third-order valence-corrected chi connectivity index (χ3v) is 6.00. The maximum Gasteiger partial charge on any atom is 0.416 e. The van der Waals surface area contributed by atoms with Crippen molar-refractivity contribution in [2.75, 3.05) is 6.61 Å². The number of aliphatic hydroxyl groups is 2. The molecule has 1 aliphatic carbocycles. The maximum absolute atomic E-state index is 13.0. The van der Waals surface area contributed by atoms with Gasteiger partial charge in [0.15, 0.2) is 11.5 Å². The summed E-state index contributed by atoms with van der Waals surface area (Å²) < 4.78 is 44.3. The first kappa shape index (κ1) is 25.2. The fourth-order valence-electron chi connectivity index (χ4n) is 3.98. The lowest BCUT2D eigenvalue weighted by Gasteiger charge is -2.26. The summed E-state index contributed by atoms with van der Waals surface area (Å²) in [5.74, 6) is -0.186. The van der Waals surface area contributed by atoms with Crippen molar-refractivity contribution in [3.8, 4) is 11.3 Å². The Bertz CT molecular complexity index is 928. The van der Waals surface area contributed by atoms with Crippen molar-refractivity contribution < 1.29 is 32.7 Å². The molecule has 1 aliphatic rings. The minimum absolute atomic E-state index is 0.0258. The van der Waals surface area contributed by atoms with E-state index < -0.39 is 23.8 Å². The lowest BCUT2D eigenvalue weighted by Crippen LogP contribution is -2.41. The highest BCUT2D eigenvalue weighted by atomic mass is 19.4. The highest BCUT2D eigenvalue weighted by molar-refractivity contribution is 5.95. The van der Waals surface area contributed by atoms with Crippen LogP contribution in [0.4, 0.5) is 13.2 Å². The molecule has 1 heterocycles. The molecule has 0 spiro atoms. The normalized spacial score (nSPS) is 20.1. The average molecular weight is 470 g/mol. The van der Waals surface area contributed by atoms with Gasteiger partial charge in [0.05, 0.1) is 18.3 Å². The summed E-state index contributed by atoms with van der Waals surface area (Å²) in [5, 5.41) is 29.5. The van der Waals surface area contributed by atoms with Gasteiger partial charge >= 0.3 is 6.18 Å². The molecule has 1 aromatic heterocycles. The zero-order valence-corrected chi connectivity index (χ0v) is 18.7. The monoisotopic (exact) mass is 469 g/mol. The fraction of sp³-hybridized carbons (Fsp3) is 0.565. The molecule has 0 saturated heterocycles. The summed E-state index contributed by atoms with van der Waals surface area (Å²) >= 11 is 0. The van der Waals surface area contributed by atoms with Crippen LogP contribution in [0.3, 0.4) is 0 Å². The van der Waals surface area contributed by atoms with Gasteiger partial charge in [0.1, 0.15) is 0 Å². The van der Waals surface area contributed by atoms with E-state index in [1.807, 2.05) is 13.8 Å². The van der Waals surface area contributed by atoms with Gasteiger partial charge in [-0.05, 0) is 43.7 Å². The van der Waals surface area contributed by atoms with Crippen LogP contribution in [0.5, 0.6) is 0 Å². The van der Waals surface area contributed by atoms with Crippen molar-refractivity contribution in [3.05, 3.63) is 41.1 Å². The number of nitrogens with one attached hydrogen (secondary N) is 2. The lowest BCUT2D eigenvalue weighted by molar-refractivity contribution is -0.137. The first-order valence-corrected chi connectivity index (χ1v) is 11.1. The largest absolute Gasteiger partial charge is 0.416 e. The highest BCUT2D eigenvalue weighted by Crippen LogP contribution is 2.33. The Kier molecular flexibility index (Phi) is 8.14. The molecule has 0 radical (unpaired) electrons. The zero-order valence-electron chi connectivity index (χ0n) is 18.7. The Morgan fingerprint density at radius 2 is 1.94 bits per heavy atom. The van der Waals surface area contributed by atoms with E-state index in [1.54, 1.807) is 0 Å². The van der Waals surface area contributed by atoms with E-state index in [0.717, 1.165) is 25.0 Å². The molecule has 2 aromatic rings. The smallest absolute Gasteiger partial charge is 0.395 e. The number of halogens is 3. The topological polar surface area (TPSA) is 108 Å². The van der Waals surface area contributed by atoms with Gasteiger partial charge in [-0.15, -0.1) is 0 Å². The van der Waals surface area contributed by atoms with Gasteiger partial charge in [0, 0.05) is 29.8 Å². The van der Waals surface area contributed by atoms with Crippen molar-refractivity contribution >= 4 is 5.91 Å². The number of nitrogens with zero attached hydrogens (tertiary/aromatic N) is 1. The summed E-state index contributed by atoms with van der Waals surface area (Å²) in [4.78, 5) is 13.0. The average Bonchev–Trinajstić information content (AvgIpc) is 3.17. The molecule has 33 heavy (non-hydrogen) atoms. The van der Waals surface area contributed by atoms with Gasteiger partial charge in [-0.3, -0.25) is 4.79 Å².